The molecule has 0 aliphatic heterocycles. The van der Waals surface area contributed by atoms with E-state index in [0.717, 1.165) is 11.3 Å². The smallest absolute Gasteiger partial charge is 0.142 e. The predicted molar refractivity (Wildman–Crippen MR) is 80.1 cm³/mol. The molecule has 0 bridgehead atoms. The van der Waals surface area contributed by atoms with E-state index >= 15 is 0 Å². The lowest BCUT2D eigenvalue weighted by Crippen LogP contribution is -2.16. The van der Waals surface area contributed by atoms with Gasteiger partial charge in [-0.05, 0) is 29.7 Å². The fourth-order valence-corrected chi connectivity index (χ4v) is 1.92. The lowest BCUT2D eigenvalue weighted by molar-refractivity contribution is 0.305. The second-order valence-corrected chi connectivity index (χ2v) is 4.94. The molecule has 1 heterocycles. The average Bonchev–Trinajstić information content (AvgIpc) is 2.45. The van der Waals surface area contributed by atoms with E-state index in [-0.39, 0.29) is 5.84 Å². The number of nitrogens with one attached hydrogen (secondary N) is 1. The molecule has 4 heteroatoms. The third-order valence-corrected chi connectivity index (χ3v) is 3.07. The van der Waals surface area contributed by atoms with Crippen molar-refractivity contribution >= 4 is 5.84 Å². The quantitative estimate of drug-likeness (QED) is 0.647. The second-order valence-electron chi connectivity index (χ2n) is 4.94. The van der Waals surface area contributed by atoms with E-state index in [1.807, 2.05) is 30.3 Å². The van der Waals surface area contributed by atoms with Crippen molar-refractivity contribution in [3.63, 3.8) is 0 Å². The Morgan fingerprint density at radius 2 is 2.10 bits per heavy atom. The molecule has 0 radical (unpaired) electrons. The Hall–Kier alpha value is -2.36. The summed E-state index contributed by atoms with van der Waals surface area (Å²) in [6, 6.07) is 11.7. The van der Waals surface area contributed by atoms with Crippen molar-refractivity contribution in [2.24, 2.45) is 5.73 Å². The lowest BCUT2D eigenvalue weighted by atomic mass is 10.0. The molecule has 2 aromatic rings. The summed E-state index contributed by atoms with van der Waals surface area (Å²) in [4.78, 5) is 4.11. The first-order chi connectivity index (χ1) is 9.58. The summed E-state index contributed by atoms with van der Waals surface area (Å²) >= 11 is 0. The van der Waals surface area contributed by atoms with Crippen molar-refractivity contribution in [1.29, 1.82) is 5.41 Å². The fourth-order valence-electron chi connectivity index (χ4n) is 1.92. The van der Waals surface area contributed by atoms with Gasteiger partial charge in [-0.25, -0.2) is 0 Å². The summed E-state index contributed by atoms with van der Waals surface area (Å²) in [5, 5.41) is 7.51. The number of nitrogens with zero attached hydrogens (tertiary/aromatic N) is 1. The van der Waals surface area contributed by atoms with E-state index < -0.39 is 0 Å². The highest BCUT2D eigenvalue weighted by Crippen LogP contribution is 2.21. The van der Waals surface area contributed by atoms with Crippen LogP contribution in [0.25, 0.3) is 0 Å². The van der Waals surface area contributed by atoms with Crippen molar-refractivity contribution in [2.75, 3.05) is 0 Å². The largest absolute Gasteiger partial charge is 0.489 e. The van der Waals surface area contributed by atoms with Crippen LogP contribution in [0.3, 0.4) is 0 Å². The molecule has 0 unspecified atom stereocenters. The van der Waals surface area contributed by atoms with Crippen LogP contribution in [0, 0.1) is 5.41 Å². The zero-order chi connectivity index (χ0) is 14.5. The monoisotopic (exact) mass is 269 g/mol. The minimum Gasteiger partial charge on any atom is -0.489 e. The summed E-state index contributed by atoms with van der Waals surface area (Å²) in [7, 11) is 0. The van der Waals surface area contributed by atoms with Gasteiger partial charge in [0, 0.05) is 11.8 Å². The molecule has 0 atom stereocenters. The number of nitrogen functional groups attached to an aromatic ring is 1. The zero-order valence-electron chi connectivity index (χ0n) is 11.8. The number of nitrogens with two attached hydrogens (primary N) is 1. The van der Waals surface area contributed by atoms with Crippen molar-refractivity contribution in [1.82, 2.24) is 4.98 Å². The van der Waals surface area contributed by atoms with Gasteiger partial charge < -0.3 is 10.5 Å². The average molecular weight is 269 g/mol. The molecule has 0 aliphatic rings. The Morgan fingerprint density at radius 1 is 1.30 bits per heavy atom. The first-order valence-electron chi connectivity index (χ1n) is 6.59. The Bertz CT molecular complexity index is 608. The molecule has 0 saturated carbocycles. The van der Waals surface area contributed by atoms with Crippen LogP contribution in [0.1, 0.15) is 36.6 Å². The highest BCUT2D eigenvalue weighted by Gasteiger charge is 2.07. The van der Waals surface area contributed by atoms with Crippen LogP contribution in [0.5, 0.6) is 5.75 Å². The number of hydrogen-bond donors (Lipinski definition) is 2. The first-order valence-corrected chi connectivity index (χ1v) is 6.59. The molecule has 1 aromatic heterocycles. The van der Waals surface area contributed by atoms with Gasteiger partial charge in [-0.15, -0.1) is 0 Å². The molecule has 20 heavy (non-hydrogen) atoms. The first kappa shape index (κ1) is 14.1. The van der Waals surface area contributed by atoms with Gasteiger partial charge in [-0.3, -0.25) is 10.4 Å². The number of pyridine rings is 1. The molecule has 0 saturated heterocycles. The molecule has 0 fully saturated rings. The van der Waals surface area contributed by atoms with Gasteiger partial charge in [-0.1, -0.05) is 32.0 Å². The molecule has 4 nitrogen and oxygen atoms in total. The van der Waals surface area contributed by atoms with Gasteiger partial charge in [-0.2, -0.15) is 0 Å². The third-order valence-electron chi connectivity index (χ3n) is 3.07. The van der Waals surface area contributed by atoms with Crippen LogP contribution in [-0.2, 0) is 6.61 Å². The Morgan fingerprint density at radius 3 is 2.80 bits per heavy atom. The van der Waals surface area contributed by atoms with Crippen LogP contribution < -0.4 is 10.5 Å². The van der Waals surface area contributed by atoms with Crippen molar-refractivity contribution in [3.8, 4) is 5.75 Å². The predicted octanol–water partition coefficient (Wildman–Crippen LogP) is 3.07. The molecular weight excluding hydrogens is 250 g/mol. The highest BCUT2D eigenvalue weighted by molar-refractivity contribution is 5.94. The third kappa shape index (κ3) is 3.35. The van der Waals surface area contributed by atoms with Crippen LogP contribution in [0.15, 0.2) is 42.6 Å². The van der Waals surface area contributed by atoms with Gasteiger partial charge in [0.05, 0.1) is 0 Å². The summed E-state index contributed by atoms with van der Waals surface area (Å²) in [6.45, 7) is 4.65. The van der Waals surface area contributed by atoms with E-state index in [9.17, 15) is 0 Å². The van der Waals surface area contributed by atoms with Crippen LogP contribution in [0.2, 0.25) is 0 Å². The van der Waals surface area contributed by atoms with Crippen LogP contribution >= 0.6 is 0 Å². The molecule has 2 rings (SSSR count). The van der Waals surface area contributed by atoms with Crippen LogP contribution in [0.4, 0.5) is 0 Å². The topological polar surface area (TPSA) is 72.0 Å². The van der Waals surface area contributed by atoms with Gasteiger partial charge >= 0.3 is 0 Å². The van der Waals surface area contributed by atoms with Gasteiger partial charge in [0.15, 0.2) is 0 Å². The van der Waals surface area contributed by atoms with Crippen molar-refractivity contribution in [2.45, 2.75) is 26.4 Å². The van der Waals surface area contributed by atoms with Crippen molar-refractivity contribution < 1.29 is 4.74 Å². The number of hydrogen-bond acceptors (Lipinski definition) is 3. The van der Waals surface area contributed by atoms with E-state index in [4.69, 9.17) is 15.9 Å². The molecule has 0 aliphatic carbocycles. The molecule has 104 valence electrons. The number of aromatic nitrogens is 1. The summed E-state index contributed by atoms with van der Waals surface area (Å²) in [5.74, 6) is 1.24. The minimum atomic E-state index is -0.0415. The second kappa shape index (κ2) is 6.19. The van der Waals surface area contributed by atoms with E-state index in [1.54, 1.807) is 6.20 Å². The summed E-state index contributed by atoms with van der Waals surface area (Å²) < 4.78 is 5.78. The maximum Gasteiger partial charge on any atom is 0.142 e. The molecule has 0 spiro atoms. The van der Waals surface area contributed by atoms with Crippen molar-refractivity contribution in [3.05, 3.63) is 59.4 Å². The molecule has 3 N–H and O–H groups in total. The maximum absolute atomic E-state index is 7.51. The normalized spacial score (nSPS) is 10.6. The Kier molecular flexibility index (Phi) is 4.35. The number of rotatable bonds is 5. The van der Waals surface area contributed by atoms with E-state index in [0.29, 0.717) is 18.2 Å². The van der Waals surface area contributed by atoms with E-state index in [2.05, 4.69) is 24.9 Å². The summed E-state index contributed by atoms with van der Waals surface area (Å²) in [5.41, 5.74) is 8.04. The van der Waals surface area contributed by atoms with Gasteiger partial charge in [0.1, 0.15) is 23.9 Å². The van der Waals surface area contributed by atoms with Crippen LogP contribution in [-0.4, -0.2) is 10.8 Å². The lowest BCUT2D eigenvalue weighted by Gasteiger charge is -2.11. The SMILES string of the molecule is CC(C)c1cccc(OCc2cccnc2C(=N)N)c1. The number of benzene rings is 1. The maximum atomic E-state index is 7.51. The molecule has 1 aromatic carbocycles. The number of amidine groups is 1. The Balaban J connectivity index is 2.13. The minimum absolute atomic E-state index is 0.0415. The Labute approximate surface area is 119 Å². The fraction of sp³-hybridized carbons (Fsp3) is 0.250. The highest BCUT2D eigenvalue weighted by atomic mass is 16.5. The zero-order valence-corrected chi connectivity index (χ0v) is 11.8. The van der Waals surface area contributed by atoms with Gasteiger partial charge in [0.25, 0.3) is 0 Å². The molecular formula is C16H19N3O. The van der Waals surface area contributed by atoms with E-state index in [1.165, 1.54) is 5.56 Å². The number of ether oxygens (including phenoxy) is 1. The summed E-state index contributed by atoms with van der Waals surface area (Å²) in [6.07, 6.45) is 1.62. The van der Waals surface area contributed by atoms with Gasteiger partial charge in [0.2, 0.25) is 0 Å². The molecule has 0 amide bonds. The standard InChI is InChI=1S/C16H19N3O/c1-11(2)12-5-3-7-14(9-12)20-10-13-6-4-8-19-15(13)16(17)18/h3-9,11H,10H2,1-2H3,(H3,17,18).